The van der Waals surface area contributed by atoms with Crippen LogP contribution in [0.3, 0.4) is 0 Å². The summed E-state index contributed by atoms with van der Waals surface area (Å²) in [5.41, 5.74) is 2.23. The Morgan fingerprint density at radius 3 is 2.53 bits per heavy atom. The van der Waals surface area contributed by atoms with E-state index in [9.17, 15) is 0 Å². The number of aromatic nitrogens is 3. The molecule has 0 spiro atoms. The Hall–Kier alpha value is -1.88. The highest BCUT2D eigenvalue weighted by Crippen LogP contribution is 2.54. The summed E-state index contributed by atoms with van der Waals surface area (Å²) in [4.78, 5) is 5.01. The Kier molecular flexibility index (Phi) is 5.81. The molecular formula is C24H25Cl2N3O. The average molecular weight is 442 g/mol. The maximum Gasteiger partial charge on any atom is 0.151 e. The van der Waals surface area contributed by atoms with E-state index in [4.69, 9.17) is 38.0 Å². The van der Waals surface area contributed by atoms with Gasteiger partial charge >= 0.3 is 0 Å². The molecule has 1 aromatic heterocycles. The second kappa shape index (κ2) is 8.70. The highest BCUT2D eigenvalue weighted by Gasteiger charge is 2.47. The fourth-order valence-electron chi connectivity index (χ4n) is 4.60. The molecule has 1 aliphatic heterocycles. The summed E-state index contributed by atoms with van der Waals surface area (Å²) < 4.78 is 7.55. The fraction of sp³-hybridized carbons (Fsp3) is 0.417. The Balaban J connectivity index is 1.41. The van der Waals surface area contributed by atoms with Gasteiger partial charge in [-0.3, -0.25) is 0 Å². The third-order valence-corrected chi connectivity index (χ3v) is 7.09. The molecule has 0 N–H and O–H groups in total. The molecule has 156 valence electrons. The molecule has 0 unspecified atom stereocenters. The van der Waals surface area contributed by atoms with Crippen molar-refractivity contribution in [3.8, 4) is 5.69 Å². The smallest absolute Gasteiger partial charge is 0.151 e. The van der Waals surface area contributed by atoms with Gasteiger partial charge in [0, 0.05) is 25.6 Å². The van der Waals surface area contributed by atoms with Crippen LogP contribution in [-0.2, 0) is 17.6 Å². The van der Waals surface area contributed by atoms with E-state index in [1.54, 1.807) is 0 Å². The second-order valence-electron chi connectivity index (χ2n) is 8.34. The predicted molar refractivity (Wildman–Crippen MR) is 120 cm³/mol. The number of ether oxygens (including phenoxy) is 1. The van der Waals surface area contributed by atoms with Crippen LogP contribution in [0, 0.1) is 11.8 Å². The number of hydrogen-bond donors (Lipinski definition) is 0. The van der Waals surface area contributed by atoms with Crippen molar-refractivity contribution in [2.24, 2.45) is 11.8 Å². The molecule has 1 aliphatic carbocycles. The summed E-state index contributed by atoms with van der Waals surface area (Å²) in [6, 6.07) is 16.2. The molecule has 3 aromatic rings. The maximum atomic E-state index is 6.30. The topological polar surface area (TPSA) is 39.9 Å². The molecule has 2 heterocycles. The van der Waals surface area contributed by atoms with Gasteiger partial charge in [0.05, 0.1) is 15.7 Å². The lowest BCUT2D eigenvalue weighted by Gasteiger charge is -2.22. The predicted octanol–water partition coefficient (Wildman–Crippen LogP) is 5.89. The van der Waals surface area contributed by atoms with E-state index >= 15 is 0 Å². The SMILES string of the molecule is Clc1ccc(-n2nc(CCc3ccccc3)nc2[C@@H]2C[C@H]2C2CCOCC2)cc1Cl. The first-order chi connectivity index (χ1) is 14.7. The van der Waals surface area contributed by atoms with E-state index in [0.717, 1.165) is 62.2 Å². The van der Waals surface area contributed by atoms with Gasteiger partial charge in [-0.15, -0.1) is 0 Å². The molecule has 4 nitrogen and oxygen atoms in total. The van der Waals surface area contributed by atoms with Crippen molar-refractivity contribution in [1.29, 1.82) is 0 Å². The van der Waals surface area contributed by atoms with Crippen LogP contribution in [0.15, 0.2) is 48.5 Å². The molecule has 30 heavy (non-hydrogen) atoms. The third kappa shape index (κ3) is 4.27. The molecule has 1 saturated heterocycles. The van der Waals surface area contributed by atoms with Crippen LogP contribution in [0.5, 0.6) is 0 Å². The molecule has 0 amide bonds. The van der Waals surface area contributed by atoms with E-state index in [1.165, 1.54) is 12.0 Å². The Morgan fingerprint density at radius 2 is 1.77 bits per heavy atom. The van der Waals surface area contributed by atoms with Gasteiger partial charge in [-0.2, -0.15) is 5.10 Å². The number of hydrogen-bond acceptors (Lipinski definition) is 3. The van der Waals surface area contributed by atoms with Crippen molar-refractivity contribution in [3.63, 3.8) is 0 Å². The summed E-state index contributed by atoms with van der Waals surface area (Å²) in [7, 11) is 0. The summed E-state index contributed by atoms with van der Waals surface area (Å²) in [6.07, 6.45) is 5.24. The minimum absolute atomic E-state index is 0.459. The van der Waals surface area contributed by atoms with Crippen molar-refractivity contribution in [2.45, 2.75) is 38.0 Å². The van der Waals surface area contributed by atoms with Crippen molar-refractivity contribution < 1.29 is 4.74 Å². The lowest BCUT2D eigenvalue weighted by molar-refractivity contribution is 0.0591. The third-order valence-electron chi connectivity index (χ3n) is 6.35. The van der Waals surface area contributed by atoms with Crippen molar-refractivity contribution in [1.82, 2.24) is 14.8 Å². The average Bonchev–Trinajstić information content (AvgIpc) is 3.47. The monoisotopic (exact) mass is 441 g/mol. The maximum absolute atomic E-state index is 6.30. The normalized spacial score (nSPS) is 21.7. The van der Waals surface area contributed by atoms with Gasteiger partial charge in [-0.05, 0) is 61.3 Å². The van der Waals surface area contributed by atoms with Gasteiger partial charge in [-0.1, -0.05) is 53.5 Å². The summed E-state index contributed by atoms with van der Waals surface area (Å²) in [5, 5.41) is 5.98. The van der Waals surface area contributed by atoms with Crippen LogP contribution in [0.25, 0.3) is 5.69 Å². The zero-order chi connectivity index (χ0) is 20.5. The summed E-state index contributed by atoms with van der Waals surface area (Å²) >= 11 is 12.4. The van der Waals surface area contributed by atoms with Crippen molar-refractivity contribution in [3.05, 3.63) is 75.8 Å². The first-order valence-corrected chi connectivity index (χ1v) is 11.5. The first-order valence-electron chi connectivity index (χ1n) is 10.7. The fourth-order valence-corrected chi connectivity index (χ4v) is 4.89. The van der Waals surface area contributed by atoms with E-state index in [-0.39, 0.29) is 0 Å². The molecule has 0 bridgehead atoms. The minimum Gasteiger partial charge on any atom is -0.381 e. The Bertz CT molecular complexity index is 1010. The van der Waals surface area contributed by atoms with Gasteiger partial charge in [0.25, 0.3) is 0 Å². The molecule has 6 heteroatoms. The van der Waals surface area contributed by atoms with E-state index < -0.39 is 0 Å². The molecule has 2 fully saturated rings. The lowest BCUT2D eigenvalue weighted by Crippen LogP contribution is -2.18. The molecule has 2 atom stereocenters. The van der Waals surface area contributed by atoms with Crippen LogP contribution in [0.2, 0.25) is 10.0 Å². The number of aryl methyl sites for hydroxylation is 2. The Labute approximate surface area is 187 Å². The van der Waals surface area contributed by atoms with Crippen LogP contribution >= 0.6 is 23.2 Å². The van der Waals surface area contributed by atoms with E-state index in [1.807, 2.05) is 28.9 Å². The largest absolute Gasteiger partial charge is 0.381 e. The molecule has 1 saturated carbocycles. The molecule has 2 aromatic carbocycles. The Morgan fingerprint density at radius 1 is 0.967 bits per heavy atom. The van der Waals surface area contributed by atoms with Crippen molar-refractivity contribution in [2.75, 3.05) is 13.2 Å². The summed E-state index contributed by atoms with van der Waals surface area (Å²) in [6.45, 7) is 1.77. The van der Waals surface area contributed by atoms with E-state index in [0.29, 0.717) is 21.9 Å². The van der Waals surface area contributed by atoms with Gasteiger partial charge < -0.3 is 4.74 Å². The zero-order valence-electron chi connectivity index (χ0n) is 16.8. The van der Waals surface area contributed by atoms with Crippen LogP contribution in [0.1, 0.15) is 42.4 Å². The van der Waals surface area contributed by atoms with Crippen molar-refractivity contribution >= 4 is 23.2 Å². The number of rotatable bonds is 6. The molecule has 0 radical (unpaired) electrons. The highest BCUT2D eigenvalue weighted by atomic mass is 35.5. The van der Waals surface area contributed by atoms with Gasteiger partial charge in [0.15, 0.2) is 5.82 Å². The molecular weight excluding hydrogens is 417 g/mol. The van der Waals surface area contributed by atoms with Crippen LogP contribution in [0.4, 0.5) is 0 Å². The van der Waals surface area contributed by atoms with Gasteiger partial charge in [0.1, 0.15) is 5.82 Å². The number of halogens is 2. The van der Waals surface area contributed by atoms with Crippen LogP contribution < -0.4 is 0 Å². The second-order valence-corrected chi connectivity index (χ2v) is 9.15. The zero-order valence-corrected chi connectivity index (χ0v) is 18.3. The lowest BCUT2D eigenvalue weighted by atomic mass is 9.93. The number of nitrogens with zero attached hydrogens (tertiary/aromatic N) is 3. The molecule has 2 aliphatic rings. The summed E-state index contributed by atoms with van der Waals surface area (Å²) in [5.74, 6) is 3.82. The highest BCUT2D eigenvalue weighted by molar-refractivity contribution is 6.42. The van der Waals surface area contributed by atoms with E-state index in [2.05, 4.69) is 24.3 Å². The first kappa shape index (κ1) is 20.0. The standard InChI is InChI=1S/C24H25Cl2N3O/c25-21-8-7-18(14-22(21)26)29-24(20-15-19(20)17-10-12-30-13-11-17)27-23(28-29)9-6-16-4-2-1-3-5-16/h1-5,7-8,14,17,19-20H,6,9-13,15H2/t19-,20+/m0/s1. The van der Waals surface area contributed by atoms with Gasteiger partial charge in [-0.25, -0.2) is 9.67 Å². The molecule has 5 rings (SSSR count). The quantitative estimate of drug-likeness (QED) is 0.478. The van der Waals surface area contributed by atoms with Crippen LogP contribution in [-0.4, -0.2) is 28.0 Å². The number of benzene rings is 2. The minimum atomic E-state index is 0.459. The van der Waals surface area contributed by atoms with Gasteiger partial charge in [0.2, 0.25) is 0 Å².